The monoisotopic (exact) mass is 245 g/mol. The van der Waals surface area contributed by atoms with Crippen LogP contribution in [0.25, 0.3) is 0 Å². The van der Waals surface area contributed by atoms with E-state index in [1.165, 1.54) is 12.1 Å². The van der Waals surface area contributed by atoms with Gasteiger partial charge in [0.2, 0.25) is 0 Å². The van der Waals surface area contributed by atoms with Gasteiger partial charge in [0.1, 0.15) is 0 Å². The molecule has 1 aromatic carbocycles. The van der Waals surface area contributed by atoms with Gasteiger partial charge in [0.25, 0.3) is 0 Å². The molecular weight excluding hydrogens is 235 g/mol. The maximum atomic E-state index is 12.3. The third-order valence-corrected chi connectivity index (χ3v) is 2.86. The second-order valence-electron chi connectivity index (χ2n) is 4.09. The number of hydrogen-bond donors (Lipinski definition) is 2. The number of nitrogens with one attached hydrogen (secondary N) is 1. The van der Waals surface area contributed by atoms with E-state index in [4.69, 9.17) is 5.11 Å². The molecule has 1 amide bonds. The average Bonchev–Trinajstić information content (AvgIpc) is 2.97. The predicted molar refractivity (Wildman–Crippen MR) is 53.5 cm³/mol. The molecule has 0 unspecified atom stereocenters. The first-order chi connectivity index (χ1) is 7.83. The van der Waals surface area contributed by atoms with Crippen LogP contribution in [0.3, 0.4) is 0 Å². The van der Waals surface area contributed by atoms with Crippen molar-refractivity contribution in [3.05, 3.63) is 35.4 Å². The molecule has 92 valence electrons. The summed E-state index contributed by atoms with van der Waals surface area (Å²) < 4.78 is 37.0. The standard InChI is InChI=1S/C11H10F3NO2/c12-11(13,14)8-3-1-7(2-4-8)10(5-6-10)15-9(16)17/h1-4,15H,5-6H2,(H,16,17). The van der Waals surface area contributed by atoms with Gasteiger partial charge in [-0.05, 0) is 30.5 Å². The third kappa shape index (κ3) is 2.35. The number of carbonyl (C=O) groups is 1. The minimum Gasteiger partial charge on any atom is -0.465 e. The summed E-state index contributed by atoms with van der Waals surface area (Å²) >= 11 is 0. The summed E-state index contributed by atoms with van der Waals surface area (Å²) in [5.41, 5.74) is -0.837. The first-order valence-corrected chi connectivity index (χ1v) is 5.02. The maximum absolute atomic E-state index is 12.3. The van der Waals surface area contributed by atoms with Crippen molar-refractivity contribution in [2.75, 3.05) is 0 Å². The molecule has 0 radical (unpaired) electrons. The van der Waals surface area contributed by atoms with Crippen LogP contribution in [0.4, 0.5) is 18.0 Å². The van der Waals surface area contributed by atoms with Gasteiger partial charge < -0.3 is 10.4 Å². The zero-order valence-electron chi connectivity index (χ0n) is 8.71. The number of halogens is 3. The summed E-state index contributed by atoms with van der Waals surface area (Å²) in [6, 6.07) is 4.59. The third-order valence-electron chi connectivity index (χ3n) is 2.86. The highest BCUT2D eigenvalue weighted by Crippen LogP contribution is 2.45. The highest BCUT2D eigenvalue weighted by molar-refractivity contribution is 5.67. The van der Waals surface area contributed by atoms with E-state index in [0.717, 1.165) is 12.1 Å². The molecule has 0 aliphatic heterocycles. The van der Waals surface area contributed by atoms with Crippen LogP contribution >= 0.6 is 0 Å². The summed E-state index contributed by atoms with van der Waals surface area (Å²) in [5, 5.41) is 11.0. The molecule has 0 heterocycles. The van der Waals surface area contributed by atoms with Crippen LogP contribution in [0, 0.1) is 0 Å². The lowest BCUT2D eigenvalue weighted by atomic mass is 10.0. The van der Waals surface area contributed by atoms with Crippen LogP contribution < -0.4 is 5.32 Å². The Bertz CT molecular complexity index is 435. The Morgan fingerprint density at radius 1 is 1.24 bits per heavy atom. The zero-order chi connectivity index (χ0) is 12.7. The Morgan fingerprint density at radius 2 is 1.76 bits per heavy atom. The fraction of sp³-hybridized carbons (Fsp3) is 0.364. The van der Waals surface area contributed by atoms with Crippen molar-refractivity contribution in [2.45, 2.75) is 24.6 Å². The number of carboxylic acid groups (broad SMARTS) is 1. The van der Waals surface area contributed by atoms with E-state index in [-0.39, 0.29) is 0 Å². The molecule has 6 heteroatoms. The van der Waals surface area contributed by atoms with Crippen molar-refractivity contribution in [1.29, 1.82) is 0 Å². The second-order valence-corrected chi connectivity index (χ2v) is 4.09. The summed E-state index contributed by atoms with van der Waals surface area (Å²) in [4.78, 5) is 10.6. The number of alkyl halides is 3. The molecule has 1 aliphatic carbocycles. The highest BCUT2D eigenvalue weighted by atomic mass is 19.4. The molecule has 1 saturated carbocycles. The van der Waals surface area contributed by atoms with Crippen LogP contribution in [0.5, 0.6) is 0 Å². The van der Waals surface area contributed by atoms with E-state index in [0.29, 0.717) is 18.4 Å². The molecule has 1 aliphatic rings. The van der Waals surface area contributed by atoms with Crippen molar-refractivity contribution in [1.82, 2.24) is 5.32 Å². The first kappa shape index (κ1) is 11.8. The molecule has 1 fully saturated rings. The van der Waals surface area contributed by atoms with Gasteiger partial charge in [0, 0.05) is 0 Å². The SMILES string of the molecule is O=C(O)NC1(c2ccc(C(F)(F)F)cc2)CC1. The number of amides is 1. The number of rotatable bonds is 2. The Labute approximate surface area is 95.3 Å². The number of benzene rings is 1. The molecule has 2 N–H and O–H groups in total. The molecular formula is C11H10F3NO2. The summed E-state index contributed by atoms with van der Waals surface area (Å²) in [5.74, 6) is 0. The maximum Gasteiger partial charge on any atom is 0.416 e. The highest BCUT2D eigenvalue weighted by Gasteiger charge is 2.46. The van der Waals surface area contributed by atoms with Crippen molar-refractivity contribution in [3.8, 4) is 0 Å². The van der Waals surface area contributed by atoms with E-state index in [9.17, 15) is 18.0 Å². The fourth-order valence-corrected chi connectivity index (χ4v) is 1.79. The van der Waals surface area contributed by atoms with Crippen molar-refractivity contribution in [2.24, 2.45) is 0 Å². The second kappa shape index (κ2) is 3.65. The molecule has 0 aromatic heterocycles. The Hall–Kier alpha value is -1.72. The normalized spacial score (nSPS) is 17.6. The van der Waals surface area contributed by atoms with Gasteiger partial charge in [-0.25, -0.2) is 4.79 Å². The van der Waals surface area contributed by atoms with E-state index >= 15 is 0 Å². The first-order valence-electron chi connectivity index (χ1n) is 5.02. The van der Waals surface area contributed by atoms with Crippen LogP contribution in [-0.2, 0) is 11.7 Å². The number of hydrogen-bond acceptors (Lipinski definition) is 1. The van der Waals surface area contributed by atoms with Gasteiger partial charge in [-0.1, -0.05) is 12.1 Å². The van der Waals surface area contributed by atoms with E-state index in [1.54, 1.807) is 0 Å². The largest absolute Gasteiger partial charge is 0.465 e. The molecule has 17 heavy (non-hydrogen) atoms. The molecule has 0 atom stereocenters. The van der Waals surface area contributed by atoms with Gasteiger partial charge in [-0.3, -0.25) is 0 Å². The topological polar surface area (TPSA) is 49.3 Å². The molecule has 0 saturated heterocycles. The Kier molecular flexibility index (Phi) is 2.52. The summed E-state index contributed by atoms with van der Waals surface area (Å²) in [6.07, 6.45) is -4.30. The molecule has 0 bridgehead atoms. The molecule has 1 aromatic rings. The lowest BCUT2D eigenvalue weighted by Crippen LogP contribution is -2.33. The van der Waals surface area contributed by atoms with Gasteiger partial charge in [0.05, 0.1) is 11.1 Å². The minimum atomic E-state index is -4.37. The molecule has 0 spiro atoms. The quantitative estimate of drug-likeness (QED) is 0.841. The van der Waals surface area contributed by atoms with Crippen molar-refractivity contribution < 1.29 is 23.1 Å². The average molecular weight is 245 g/mol. The lowest BCUT2D eigenvalue weighted by molar-refractivity contribution is -0.137. The molecule has 3 nitrogen and oxygen atoms in total. The van der Waals surface area contributed by atoms with Gasteiger partial charge >= 0.3 is 12.3 Å². The van der Waals surface area contributed by atoms with Gasteiger partial charge in [-0.2, -0.15) is 13.2 Å². The van der Waals surface area contributed by atoms with E-state index in [1.807, 2.05) is 0 Å². The van der Waals surface area contributed by atoms with Crippen LogP contribution in [-0.4, -0.2) is 11.2 Å². The zero-order valence-corrected chi connectivity index (χ0v) is 8.71. The van der Waals surface area contributed by atoms with Crippen LogP contribution in [0.2, 0.25) is 0 Å². The summed E-state index contributed by atoms with van der Waals surface area (Å²) in [7, 11) is 0. The van der Waals surface area contributed by atoms with E-state index in [2.05, 4.69) is 5.32 Å². The Balaban J connectivity index is 2.22. The van der Waals surface area contributed by atoms with Crippen molar-refractivity contribution >= 4 is 6.09 Å². The lowest BCUT2D eigenvalue weighted by Gasteiger charge is -2.16. The van der Waals surface area contributed by atoms with Crippen LogP contribution in [0.1, 0.15) is 24.0 Å². The molecule has 2 rings (SSSR count). The van der Waals surface area contributed by atoms with Crippen molar-refractivity contribution in [3.63, 3.8) is 0 Å². The smallest absolute Gasteiger partial charge is 0.416 e. The van der Waals surface area contributed by atoms with E-state index < -0.39 is 23.4 Å². The van der Waals surface area contributed by atoms with Gasteiger partial charge in [0.15, 0.2) is 0 Å². The van der Waals surface area contributed by atoms with Crippen LogP contribution in [0.15, 0.2) is 24.3 Å². The van der Waals surface area contributed by atoms with Gasteiger partial charge in [-0.15, -0.1) is 0 Å². The predicted octanol–water partition coefficient (Wildman–Crippen LogP) is 2.96. The fourth-order valence-electron chi connectivity index (χ4n) is 1.79. The minimum absolute atomic E-state index is 0.577. The summed E-state index contributed by atoms with van der Waals surface area (Å²) in [6.45, 7) is 0. The Morgan fingerprint density at radius 3 is 2.12 bits per heavy atom.